The van der Waals surface area contributed by atoms with Gasteiger partial charge in [-0.1, -0.05) is 0 Å². The van der Waals surface area contributed by atoms with E-state index in [0.717, 1.165) is 0 Å². The Morgan fingerprint density at radius 3 is 1.50 bits per heavy atom. The van der Waals surface area contributed by atoms with Gasteiger partial charge in [0.05, 0.1) is 0 Å². The second-order valence-corrected chi connectivity index (χ2v) is 2.80. The quantitative estimate of drug-likeness (QED) is 0.580. The van der Waals surface area contributed by atoms with E-state index in [1.807, 2.05) is 0 Å². The first-order chi connectivity index (χ1) is 5.96. The molecule has 0 aliphatic rings. The Hall–Kier alpha value is -0.530. The van der Waals surface area contributed by atoms with Gasteiger partial charge < -0.3 is 0 Å². The Balaban J connectivity index is 4.02. The lowest BCUT2D eigenvalue weighted by molar-refractivity contribution is -0.212. The van der Waals surface area contributed by atoms with E-state index in [9.17, 15) is 30.7 Å². The number of halogens is 7. The SMILES string of the molecule is NC(F)(F)C(F)(F)CCCC(F)(F)F. The molecule has 0 aromatic rings. The topological polar surface area (TPSA) is 26.0 Å². The highest BCUT2D eigenvalue weighted by atomic mass is 19.4. The molecule has 0 unspecified atom stereocenters. The van der Waals surface area contributed by atoms with Gasteiger partial charge in [0.25, 0.3) is 0 Å². The Labute approximate surface area is 75.1 Å². The summed E-state index contributed by atoms with van der Waals surface area (Å²) in [6.07, 6.45) is -8.82. The van der Waals surface area contributed by atoms with Crippen LogP contribution in [0.25, 0.3) is 0 Å². The van der Waals surface area contributed by atoms with Gasteiger partial charge in [-0.25, -0.2) is 0 Å². The summed E-state index contributed by atoms with van der Waals surface area (Å²) in [6.45, 7) is 0. The highest BCUT2D eigenvalue weighted by Crippen LogP contribution is 2.35. The van der Waals surface area contributed by atoms with E-state index >= 15 is 0 Å². The summed E-state index contributed by atoms with van der Waals surface area (Å²) in [5.41, 5.74) is 3.80. The molecule has 0 spiro atoms. The molecule has 0 aliphatic carbocycles. The molecule has 86 valence electrons. The standard InChI is InChI=1S/C6H8F7N/c7-4(8,6(12,13)14)2-1-3-5(9,10)11/h1-3,14H2. The minimum Gasteiger partial charge on any atom is -0.267 e. The lowest BCUT2D eigenvalue weighted by atomic mass is 10.1. The molecular formula is C6H8F7N. The van der Waals surface area contributed by atoms with Gasteiger partial charge in [0, 0.05) is 12.8 Å². The minimum atomic E-state index is -4.78. The van der Waals surface area contributed by atoms with Crippen molar-refractivity contribution in [3.05, 3.63) is 0 Å². The molecule has 0 radical (unpaired) electrons. The van der Waals surface area contributed by atoms with Crippen molar-refractivity contribution >= 4 is 0 Å². The third-order valence-corrected chi connectivity index (χ3v) is 1.44. The molecule has 0 aromatic heterocycles. The predicted octanol–water partition coefficient (Wildman–Crippen LogP) is 2.91. The van der Waals surface area contributed by atoms with Crippen molar-refractivity contribution in [3.63, 3.8) is 0 Å². The molecule has 0 atom stereocenters. The molecule has 2 N–H and O–H groups in total. The van der Waals surface area contributed by atoms with Crippen molar-refractivity contribution in [1.82, 2.24) is 0 Å². The first-order valence-electron chi connectivity index (χ1n) is 3.57. The molecule has 1 nitrogen and oxygen atoms in total. The van der Waals surface area contributed by atoms with Crippen molar-refractivity contribution in [3.8, 4) is 0 Å². The zero-order valence-electron chi connectivity index (χ0n) is 6.84. The van der Waals surface area contributed by atoms with Gasteiger partial charge in [-0.05, 0) is 6.42 Å². The van der Waals surface area contributed by atoms with E-state index in [-0.39, 0.29) is 0 Å². The average molecular weight is 227 g/mol. The van der Waals surface area contributed by atoms with Gasteiger partial charge >= 0.3 is 18.1 Å². The van der Waals surface area contributed by atoms with Crippen molar-refractivity contribution in [2.75, 3.05) is 0 Å². The lowest BCUT2D eigenvalue weighted by Crippen LogP contribution is -2.48. The maximum atomic E-state index is 12.3. The number of hydrogen-bond acceptors (Lipinski definition) is 1. The fraction of sp³-hybridized carbons (Fsp3) is 1.00. The molecule has 0 aliphatic heterocycles. The van der Waals surface area contributed by atoms with Gasteiger partial charge in [-0.15, -0.1) is 0 Å². The summed E-state index contributed by atoms with van der Waals surface area (Å²) in [4.78, 5) is 0. The van der Waals surface area contributed by atoms with Crippen molar-refractivity contribution < 1.29 is 30.7 Å². The third kappa shape index (κ3) is 4.64. The van der Waals surface area contributed by atoms with E-state index in [0.29, 0.717) is 0 Å². The van der Waals surface area contributed by atoms with Crippen molar-refractivity contribution in [1.29, 1.82) is 0 Å². The van der Waals surface area contributed by atoms with Gasteiger partial charge in [0.1, 0.15) is 0 Å². The fourth-order valence-corrected chi connectivity index (χ4v) is 0.678. The van der Waals surface area contributed by atoms with E-state index < -0.39 is 37.4 Å². The first kappa shape index (κ1) is 13.5. The van der Waals surface area contributed by atoms with Crippen LogP contribution in [0.3, 0.4) is 0 Å². The summed E-state index contributed by atoms with van der Waals surface area (Å²) in [6, 6.07) is -4.78. The van der Waals surface area contributed by atoms with Crippen molar-refractivity contribution in [2.45, 2.75) is 37.4 Å². The van der Waals surface area contributed by atoms with E-state index in [1.165, 1.54) is 0 Å². The van der Waals surface area contributed by atoms with Crippen LogP contribution in [0.15, 0.2) is 0 Å². The second-order valence-electron chi connectivity index (χ2n) is 2.80. The fourth-order valence-electron chi connectivity index (χ4n) is 0.678. The molecule has 0 amide bonds. The smallest absolute Gasteiger partial charge is 0.267 e. The number of nitrogens with two attached hydrogens (primary N) is 1. The minimum absolute atomic E-state index is 1.08. The Morgan fingerprint density at radius 1 is 0.786 bits per heavy atom. The van der Waals surface area contributed by atoms with Crippen LogP contribution >= 0.6 is 0 Å². The molecule has 0 aromatic carbocycles. The van der Waals surface area contributed by atoms with Crippen LogP contribution in [0, 0.1) is 0 Å². The van der Waals surface area contributed by atoms with E-state index in [4.69, 9.17) is 0 Å². The van der Waals surface area contributed by atoms with Crippen molar-refractivity contribution in [2.24, 2.45) is 5.73 Å². The van der Waals surface area contributed by atoms with Crippen LogP contribution in [0.1, 0.15) is 19.3 Å². The van der Waals surface area contributed by atoms with Crippen LogP contribution in [0.2, 0.25) is 0 Å². The average Bonchev–Trinajstić information content (AvgIpc) is 1.80. The molecule has 0 heterocycles. The summed E-state index contributed by atoms with van der Waals surface area (Å²) >= 11 is 0. The third-order valence-electron chi connectivity index (χ3n) is 1.44. The lowest BCUT2D eigenvalue weighted by Gasteiger charge is -2.22. The largest absolute Gasteiger partial charge is 0.389 e. The number of hydrogen-bond donors (Lipinski definition) is 1. The molecule has 0 rings (SSSR count). The molecule has 0 saturated heterocycles. The zero-order valence-corrected chi connectivity index (χ0v) is 6.84. The summed E-state index contributed by atoms with van der Waals surface area (Å²) < 4.78 is 82.7. The molecule has 0 saturated carbocycles. The highest BCUT2D eigenvalue weighted by molar-refractivity contribution is 4.79. The Bertz CT molecular complexity index is 180. The molecule has 14 heavy (non-hydrogen) atoms. The van der Waals surface area contributed by atoms with Gasteiger partial charge in [0.15, 0.2) is 0 Å². The molecule has 0 bridgehead atoms. The summed E-state index contributed by atoms with van der Waals surface area (Å²) in [5.74, 6) is -4.60. The monoisotopic (exact) mass is 227 g/mol. The van der Waals surface area contributed by atoms with Crippen LogP contribution in [-0.2, 0) is 0 Å². The van der Waals surface area contributed by atoms with E-state index in [2.05, 4.69) is 5.73 Å². The van der Waals surface area contributed by atoms with Crippen LogP contribution in [-0.4, -0.2) is 18.1 Å². The van der Waals surface area contributed by atoms with Crippen LogP contribution in [0.5, 0.6) is 0 Å². The second kappa shape index (κ2) is 3.92. The molecule has 8 heteroatoms. The highest BCUT2D eigenvalue weighted by Gasteiger charge is 2.52. The molecule has 0 fully saturated rings. The number of rotatable bonds is 4. The van der Waals surface area contributed by atoms with Gasteiger partial charge in [-0.3, -0.25) is 5.73 Å². The first-order valence-corrected chi connectivity index (χ1v) is 3.57. The zero-order chi connectivity index (χ0) is 11.6. The maximum Gasteiger partial charge on any atom is 0.389 e. The van der Waals surface area contributed by atoms with Gasteiger partial charge in [0.2, 0.25) is 0 Å². The number of alkyl halides is 7. The van der Waals surface area contributed by atoms with Crippen LogP contribution in [0.4, 0.5) is 30.7 Å². The summed E-state index contributed by atoms with van der Waals surface area (Å²) in [5, 5.41) is 0. The predicted molar refractivity (Wildman–Crippen MR) is 34.0 cm³/mol. The van der Waals surface area contributed by atoms with E-state index in [1.54, 1.807) is 0 Å². The normalized spacial score (nSPS) is 14.6. The Kier molecular flexibility index (Phi) is 3.77. The van der Waals surface area contributed by atoms with Crippen LogP contribution < -0.4 is 5.73 Å². The summed E-state index contributed by atoms with van der Waals surface area (Å²) in [7, 11) is 0. The Morgan fingerprint density at radius 2 is 1.21 bits per heavy atom. The van der Waals surface area contributed by atoms with Gasteiger partial charge in [-0.2, -0.15) is 30.7 Å². The molecular weight excluding hydrogens is 219 g/mol. The maximum absolute atomic E-state index is 12.3.